The van der Waals surface area contributed by atoms with Gasteiger partial charge in [0.15, 0.2) is 15.6 Å². The van der Waals surface area contributed by atoms with E-state index in [9.17, 15) is 21.6 Å². The summed E-state index contributed by atoms with van der Waals surface area (Å²) in [4.78, 5) is 3.62. The van der Waals surface area contributed by atoms with E-state index in [4.69, 9.17) is 27.8 Å². The van der Waals surface area contributed by atoms with Gasteiger partial charge in [-0.3, -0.25) is 0 Å². The number of hydrogen-bond donors (Lipinski definition) is 2. The molecule has 13 heteroatoms. The lowest BCUT2D eigenvalue weighted by Gasteiger charge is -2.17. The summed E-state index contributed by atoms with van der Waals surface area (Å²) in [5.74, 6) is -1.15. The number of aromatic nitrogens is 3. The number of nitrogens with two attached hydrogens (primary N) is 2. The zero-order chi connectivity index (χ0) is 21.6. The largest absolute Gasteiger partial charge is 0.455 e. The first-order chi connectivity index (χ1) is 13.4. The molecule has 0 radical (unpaired) electrons. The molecular weight excluding hydrogens is 435 g/mol. The Morgan fingerprint density at radius 2 is 1.76 bits per heavy atom. The van der Waals surface area contributed by atoms with Crippen LogP contribution in [0.5, 0.6) is 11.5 Å². The van der Waals surface area contributed by atoms with E-state index >= 15 is 0 Å². The van der Waals surface area contributed by atoms with Gasteiger partial charge >= 0.3 is 6.18 Å². The Morgan fingerprint density at radius 1 is 1.14 bits per heavy atom. The fourth-order valence-corrected chi connectivity index (χ4v) is 3.30. The van der Waals surface area contributed by atoms with Crippen LogP contribution in [0.15, 0.2) is 41.3 Å². The Kier molecular flexibility index (Phi) is 5.09. The van der Waals surface area contributed by atoms with Crippen molar-refractivity contribution in [3.05, 3.63) is 47.0 Å². The van der Waals surface area contributed by atoms with Gasteiger partial charge in [0, 0.05) is 6.26 Å². The van der Waals surface area contributed by atoms with Crippen molar-refractivity contribution in [1.82, 2.24) is 14.8 Å². The molecule has 0 fully saturated rings. The minimum Gasteiger partial charge on any atom is -0.455 e. The van der Waals surface area contributed by atoms with Crippen molar-refractivity contribution in [3.8, 4) is 17.2 Å². The molecule has 0 saturated heterocycles. The van der Waals surface area contributed by atoms with Crippen LogP contribution in [0.3, 0.4) is 0 Å². The standard InChI is InChI=1S/C16H13ClF3N5O3S/c1-29(26,27)10-4-2-9(3-5-10)28-13-11(16(18,19)20)6-8(7-12(13)17)25-15(22)23-14(21)24-25/h2-7H,1H3,(H4,21,22,23,24). The number of ether oxygens (including phenoxy) is 1. The molecule has 2 aromatic carbocycles. The van der Waals surface area contributed by atoms with E-state index in [2.05, 4.69) is 10.1 Å². The minimum atomic E-state index is -4.83. The summed E-state index contributed by atoms with van der Waals surface area (Å²) in [6.45, 7) is 0. The molecule has 4 N–H and O–H groups in total. The number of anilines is 2. The van der Waals surface area contributed by atoms with E-state index in [1.165, 1.54) is 24.3 Å². The topological polar surface area (TPSA) is 126 Å². The Hall–Kier alpha value is -2.99. The van der Waals surface area contributed by atoms with Gasteiger partial charge in [0.05, 0.1) is 15.6 Å². The number of alkyl halides is 3. The second kappa shape index (κ2) is 7.12. The Morgan fingerprint density at radius 3 is 2.24 bits per heavy atom. The molecule has 0 unspecified atom stereocenters. The summed E-state index contributed by atoms with van der Waals surface area (Å²) in [7, 11) is -3.47. The Labute approximate surface area is 167 Å². The number of nitrogens with zero attached hydrogens (tertiary/aromatic N) is 3. The van der Waals surface area contributed by atoms with E-state index in [0.717, 1.165) is 23.1 Å². The molecule has 0 spiro atoms. The number of benzene rings is 2. The van der Waals surface area contributed by atoms with Crippen molar-refractivity contribution < 1.29 is 26.3 Å². The average Bonchev–Trinajstić information content (AvgIpc) is 2.93. The molecule has 1 heterocycles. The zero-order valence-electron chi connectivity index (χ0n) is 14.6. The first-order valence-corrected chi connectivity index (χ1v) is 10.0. The first kappa shape index (κ1) is 20.7. The highest BCUT2D eigenvalue weighted by atomic mass is 35.5. The number of hydrogen-bond acceptors (Lipinski definition) is 7. The summed E-state index contributed by atoms with van der Waals surface area (Å²) >= 11 is 6.05. The molecule has 0 aliphatic heterocycles. The predicted molar refractivity (Wildman–Crippen MR) is 99.8 cm³/mol. The monoisotopic (exact) mass is 447 g/mol. The maximum atomic E-state index is 13.6. The quantitative estimate of drug-likeness (QED) is 0.628. The van der Waals surface area contributed by atoms with Gasteiger partial charge in [0.1, 0.15) is 11.3 Å². The number of rotatable bonds is 4. The third kappa shape index (κ3) is 4.38. The lowest BCUT2D eigenvalue weighted by molar-refractivity contribution is -0.138. The lowest BCUT2D eigenvalue weighted by Crippen LogP contribution is -2.11. The second-order valence-electron chi connectivity index (χ2n) is 5.89. The van der Waals surface area contributed by atoms with Crippen LogP contribution >= 0.6 is 11.6 Å². The van der Waals surface area contributed by atoms with Crippen molar-refractivity contribution in [2.75, 3.05) is 17.7 Å². The summed E-state index contributed by atoms with van der Waals surface area (Å²) in [5, 5.41) is 3.35. The Balaban J connectivity index is 2.08. The van der Waals surface area contributed by atoms with E-state index in [1.807, 2.05) is 0 Å². The molecule has 8 nitrogen and oxygen atoms in total. The molecule has 3 rings (SSSR count). The maximum absolute atomic E-state index is 13.6. The van der Waals surface area contributed by atoms with Crippen LogP contribution < -0.4 is 16.2 Å². The van der Waals surface area contributed by atoms with Gasteiger partial charge in [-0.25, -0.2) is 8.42 Å². The molecular formula is C16H13ClF3N5O3S. The molecule has 0 amide bonds. The first-order valence-electron chi connectivity index (χ1n) is 7.73. The second-order valence-corrected chi connectivity index (χ2v) is 8.31. The van der Waals surface area contributed by atoms with Gasteiger partial charge in [-0.15, -0.1) is 5.10 Å². The van der Waals surface area contributed by atoms with Gasteiger partial charge < -0.3 is 16.2 Å². The van der Waals surface area contributed by atoms with E-state index in [0.29, 0.717) is 0 Å². The van der Waals surface area contributed by atoms with Crippen LogP contribution in [0.1, 0.15) is 5.56 Å². The molecule has 3 aromatic rings. The van der Waals surface area contributed by atoms with Gasteiger partial charge in [-0.1, -0.05) is 11.6 Å². The van der Waals surface area contributed by atoms with Crippen LogP contribution in [0.4, 0.5) is 25.1 Å². The summed E-state index contributed by atoms with van der Waals surface area (Å²) in [5.41, 5.74) is 9.69. The number of halogens is 4. The van der Waals surface area contributed by atoms with Crippen LogP contribution in [0.25, 0.3) is 5.69 Å². The van der Waals surface area contributed by atoms with Crippen molar-refractivity contribution in [3.63, 3.8) is 0 Å². The van der Waals surface area contributed by atoms with Gasteiger partial charge in [0.25, 0.3) is 0 Å². The summed E-state index contributed by atoms with van der Waals surface area (Å²) in [6.07, 6.45) is -3.83. The third-order valence-corrected chi connectivity index (χ3v) is 5.11. The maximum Gasteiger partial charge on any atom is 0.420 e. The molecule has 0 bridgehead atoms. The highest BCUT2D eigenvalue weighted by molar-refractivity contribution is 7.90. The molecule has 0 aliphatic carbocycles. The lowest BCUT2D eigenvalue weighted by atomic mass is 10.1. The van der Waals surface area contributed by atoms with Crippen molar-refractivity contribution in [1.29, 1.82) is 0 Å². The molecule has 1 aromatic heterocycles. The van der Waals surface area contributed by atoms with Crippen LogP contribution in [0.2, 0.25) is 5.02 Å². The minimum absolute atomic E-state index is 0.0124. The van der Waals surface area contributed by atoms with Gasteiger partial charge in [0.2, 0.25) is 11.9 Å². The summed E-state index contributed by atoms with van der Waals surface area (Å²) < 4.78 is 70.1. The van der Waals surface area contributed by atoms with Gasteiger partial charge in [-0.05, 0) is 36.4 Å². The van der Waals surface area contributed by atoms with E-state index in [-0.39, 0.29) is 33.3 Å². The normalized spacial score (nSPS) is 12.2. The van der Waals surface area contributed by atoms with Crippen LogP contribution in [0, 0.1) is 0 Å². The fourth-order valence-electron chi connectivity index (χ4n) is 2.42. The highest BCUT2D eigenvalue weighted by Gasteiger charge is 2.37. The van der Waals surface area contributed by atoms with Crippen LogP contribution in [-0.4, -0.2) is 29.4 Å². The van der Waals surface area contributed by atoms with E-state index < -0.39 is 27.3 Å². The van der Waals surface area contributed by atoms with Gasteiger partial charge in [-0.2, -0.15) is 22.8 Å². The molecule has 154 valence electrons. The SMILES string of the molecule is CS(=O)(=O)c1ccc(Oc2c(Cl)cc(-n3nc(N)nc3N)cc2C(F)(F)F)cc1. The van der Waals surface area contributed by atoms with Crippen molar-refractivity contribution in [2.45, 2.75) is 11.1 Å². The summed E-state index contributed by atoms with van der Waals surface area (Å²) in [6, 6.07) is 6.74. The number of nitrogen functional groups attached to an aromatic ring is 2. The van der Waals surface area contributed by atoms with E-state index in [1.54, 1.807) is 0 Å². The van der Waals surface area contributed by atoms with Crippen LogP contribution in [-0.2, 0) is 16.0 Å². The predicted octanol–water partition coefficient (Wildman–Crippen LogP) is 3.30. The average molecular weight is 448 g/mol. The van der Waals surface area contributed by atoms with Crippen molar-refractivity contribution in [2.24, 2.45) is 0 Å². The zero-order valence-corrected chi connectivity index (χ0v) is 16.2. The molecule has 0 saturated carbocycles. The van der Waals surface area contributed by atoms with Crippen molar-refractivity contribution >= 4 is 33.3 Å². The molecule has 29 heavy (non-hydrogen) atoms. The fraction of sp³-hybridized carbons (Fsp3) is 0.125. The number of sulfone groups is 1. The third-order valence-electron chi connectivity index (χ3n) is 3.70. The molecule has 0 atom stereocenters. The molecule has 0 aliphatic rings. The highest BCUT2D eigenvalue weighted by Crippen LogP contribution is 2.44. The Bertz CT molecular complexity index is 1180. The smallest absolute Gasteiger partial charge is 0.420 e.